The van der Waals surface area contributed by atoms with Gasteiger partial charge in [0.05, 0.1) is 5.39 Å². The van der Waals surface area contributed by atoms with E-state index in [2.05, 4.69) is 16.9 Å². The summed E-state index contributed by atoms with van der Waals surface area (Å²) >= 11 is 1.59. The minimum Gasteiger partial charge on any atom is -0.451 e. The van der Waals surface area contributed by atoms with Crippen molar-refractivity contribution in [3.05, 3.63) is 50.9 Å². The van der Waals surface area contributed by atoms with E-state index in [0.29, 0.717) is 17.1 Å². The number of hydrogen-bond acceptors (Lipinski definition) is 5. The molecule has 3 rings (SSSR count). The van der Waals surface area contributed by atoms with Crippen LogP contribution in [-0.2, 0) is 22.4 Å². The molecule has 2 aromatic heterocycles. The van der Waals surface area contributed by atoms with Crippen molar-refractivity contribution in [2.24, 2.45) is 5.92 Å². The van der Waals surface area contributed by atoms with Gasteiger partial charge in [0.15, 0.2) is 11.9 Å². The maximum Gasteiger partial charge on any atom is 0.331 e. The van der Waals surface area contributed by atoms with Crippen LogP contribution in [0.5, 0.6) is 0 Å². The average Bonchev–Trinajstić information content (AvgIpc) is 2.92. The molecular weight excluding hydrogens is 336 g/mol. The predicted octanol–water partition coefficient (Wildman–Crippen LogP) is 3.85. The number of H-pyrrole nitrogens is 1. The molecule has 0 spiro atoms. The van der Waals surface area contributed by atoms with E-state index in [-0.39, 0.29) is 5.56 Å². The average molecular weight is 358 g/mol. The van der Waals surface area contributed by atoms with E-state index in [4.69, 9.17) is 4.74 Å². The Hall–Kier alpha value is -2.21. The summed E-state index contributed by atoms with van der Waals surface area (Å²) in [5.41, 5.74) is 1.01. The number of nitrogens with zero attached hydrogens (tertiary/aromatic N) is 1. The largest absolute Gasteiger partial charge is 0.451 e. The number of carbonyl (C=O) groups excluding carboxylic acids is 1. The van der Waals surface area contributed by atoms with E-state index < -0.39 is 12.1 Å². The van der Waals surface area contributed by atoms with Crippen molar-refractivity contribution in [2.75, 3.05) is 0 Å². The molecule has 0 fully saturated rings. The van der Waals surface area contributed by atoms with E-state index in [0.717, 1.165) is 29.7 Å². The second-order valence-electron chi connectivity index (χ2n) is 6.45. The Morgan fingerprint density at radius 2 is 2.24 bits per heavy atom. The number of esters is 1. The molecule has 0 unspecified atom stereocenters. The second-order valence-corrected chi connectivity index (χ2v) is 7.53. The summed E-state index contributed by atoms with van der Waals surface area (Å²) in [6.07, 6.45) is 8.95. The molecule has 1 N–H and O–H groups in total. The Morgan fingerprint density at radius 1 is 1.44 bits per heavy atom. The van der Waals surface area contributed by atoms with Gasteiger partial charge in [0.1, 0.15) is 4.83 Å². The summed E-state index contributed by atoms with van der Waals surface area (Å²) in [5, 5.41) is 0.710. The number of nitrogens with one attached hydrogen (secondary N) is 1. The Kier molecular flexibility index (Phi) is 5.18. The van der Waals surface area contributed by atoms with Crippen LogP contribution in [0.15, 0.2) is 29.1 Å². The van der Waals surface area contributed by atoms with Gasteiger partial charge in [-0.1, -0.05) is 25.2 Å². The number of thiophene rings is 1. The molecule has 0 saturated heterocycles. The fourth-order valence-corrected chi connectivity index (χ4v) is 4.46. The lowest BCUT2D eigenvalue weighted by Crippen LogP contribution is -2.17. The first-order valence-corrected chi connectivity index (χ1v) is 9.35. The lowest BCUT2D eigenvalue weighted by Gasteiger charge is -2.17. The highest BCUT2D eigenvalue weighted by atomic mass is 32.1. The molecule has 5 nitrogen and oxygen atoms in total. The lowest BCUT2D eigenvalue weighted by molar-refractivity contribution is -0.142. The maximum absolute atomic E-state index is 12.6. The molecule has 2 atom stereocenters. The van der Waals surface area contributed by atoms with Gasteiger partial charge in [-0.3, -0.25) is 4.79 Å². The van der Waals surface area contributed by atoms with Crippen molar-refractivity contribution in [3.8, 4) is 0 Å². The fourth-order valence-electron chi connectivity index (χ4n) is 3.07. The van der Waals surface area contributed by atoms with Crippen LogP contribution >= 0.6 is 11.3 Å². The summed E-state index contributed by atoms with van der Waals surface area (Å²) in [4.78, 5) is 33.7. The molecule has 132 valence electrons. The number of ether oxygens (including phenoxy) is 1. The van der Waals surface area contributed by atoms with Gasteiger partial charge < -0.3 is 9.72 Å². The quantitative estimate of drug-likeness (QED) is 0.512. The zero-order valence-electron chi connectivity index (χ0n) is 14.7. The van der Waals surface area contributed by atoms with E-state index in [9.17, 15) is 9.59 Å². The van der Waals surface area contributed by atoms with Crippen LogP contribution in [0.3, 0.4) is 0 Å². The van der Waals surface area contributed by atoms with Crippen LogP contribution in [0.2, 0.25) is 0 Å². The molecular formula is C19H22N2O3S. The smallest absolute Gasteiger partial charge is 0.331 e. The standard InChI is InChI=1S/C19H22N2O3S/c1-4-5-6-7-15(22)24-12(3)17-20-18(23)16-13-9-8-11(2)10-14(13)25-19(16)21-17/h4-7,11-12H,8-10H2,1-3H3,(H,20,21,23)/b5-4+,7-6+/t11-,12+/m1/s1. The number of hydrogen-bond donors (Lipinski definition) is 1. The minimum absolute atomic E-state index is 0.139. The number of carbonyl (C=O) groups is 1. The maximum atomic E-state index is 12.6. The minimum atomic E-state index is -0.613. The van der Waals surface area contributed by atoms with Crippen LogP contribution in [0.4, 0.5) is 0 Å². The third-order valence-electron chi connectivity index (χ3n) is 4.40. The predicted molar refractivity (Wildman–Crippen MR) is 99.9 cm³/mol. The number of aromatic amines is 1. The van der Waals surface area contributed by atoms with E-state index in [1.807, 2.05) is 13.0 Å². The first kappa shape index (κ1) is 17.6. The van der Waals surface area contributed by atoms with Crippen LogP contribution in [0.1, 0.15) is 49.6 Å². The molecule has 0 aromatic carbocycles. The molecule has 1 aliphatic rings. The Morgan fingerprint density at radius 3 is 3.00 bits per heavy atom. The number of aryl methyl sites for hydroxylation is 1. The third-order valence-corrected chi connectivity index (χ3v) is 5.55. The summed E-state index contributed by atoms with van der Waals surface area (Å²) < 4.78 is 5.32. The molecule has 0 saturated carbocycles. The fraction of sp³-hybridized carbons (Fsp3) is 0.421. The molecule has 0 aliphatic heterocycles. The summed E-state index contributed by atoms with van der Waals surface area (Å²) in [6.45, 7) is 5.81. The Labute approximate surface area is 150 Å². The van der Waals surface area contributed by atoms with Crippen LogP contribution in [0, 0.1) is 5.92 Å². The monoisotopic (exact) mass is 358 g/mol. The first-order valence-electron chi connectivity index (χ1n) is 8.54. The van der Waals surface area contributed by atoms with E-state index in [1.54, 1.807) is 30.4 Å². The highest BCUT2D eigenvalue weighted by Crippen LogP contribution is 2.35. The summed E-state index contributed by atoms with van der Waals surface area (Å²) in [5.74, 6) is 0.563. The van der Waals surface area contributed by atoms with Crippen molar-refractivity contribution in [1.29, 1.82) is 0 Å². The van der Waals surface area contributed by atoms with Crippen molar-refractivity contribution >= 4 is 27.5 Å². The van der Waals surface area contributed by atoms with Crippen molar-refractivity contribution in [2.45, 2.75) is 46.1 Å². The van der Waals surface area contributed by atoms with Crippen LogP contribution < -0.4 is 5.56 Å². The van der Waals surface area contributed by atoms with Crippen molar-refractivity contribution in [3.63, 3.8) is 0 Å². The van der Waals surface area contributed by atoms with Gasteiger partial charge in [0, 0.05) is 11.0 Å². The van der Waals surface area contributed by atoms with Gasteiger partial charge in [-0.25, -0.2) is 9.78 Å². The number of aromatic nitrogens is 2. The zero-order valence-corrected chi connectivity index (χ0v) is 15.5. The first-order chi connectivity index (χ1) is 12.0. The highest BCUT2D eigenvalue weighted by Gasteiger charge is 2.24. The molecule has 6 heteroatoms. The lowest BCUT2D eigenvalue weighted by atomic mass is 9.89. The second kappa shape index (κ2) is 7.35. The van der Waals surface area contributed by atoms with E-state index in [1.165, 1.54) is 11.0 Å². The molecule has 2 heterocycles. The Bertz CT molecular complexity index is 907. The number of allylic oxidation sites excluding steroid dienone is 3. The van der Waals surface area contributed by atoms with Gasteiger partial charge >= 0.3 is 5.97 Å². The molecule has 0 bridgehead atoms. The van der Waals surface area contributed by atoms with Crippen molar-refractivity contribution in [1.82, 2.24) is 9.97 Å². The van der Waals surface area contributed by atoms with Gasteiger partial charge in [0.25, 0.3) is 5.56 Å². The Balaban J connectivity index is 1.88. The van der Waals surface area contributed by atoms with Gasteiger partial charge in [-0.05, 0) is 44.6 Å². The molecule has 0 radical (unpaired) electrons. The highest BCUT2D eigenvalue weighted by molar-refractivity contribution is 7.18. The van der Waals surface area contributed by atoms with Gasteiger partial charge in [-0.15, -0.1) is 11.3 Å². The molecule has 25 heavy (non-hydrogen) atoms. The van der Waals surface area contributed by atoms with Gasteiger partial charge in [0.2, 0.25) is 0 Å². The topological polar surface area (TPSA) is 72.0 Å². The zero-order chi connectivity index (χ0) is 18.0. The molecule has 1 aliphatic carbocycles. The normalized spacial score (nSPS) is 18.8. The van der Waals surface area contributed by atoms with Crippen LogP contribution in [-0.4, -0.2) is 15.9 Å². The summed E-state index contributed by atoms with van der Waals surface area (Å²) in [6, 6.07) is 0. The number of rotatable bonds is 4. The van der Waals surface area contributed by atoms with E-state index >= 15 is 0 Å². The van der Waals surface area contributed by atoms with Crippen LogP contribution in [0.25, 0.3) is 10.2 Å². The third kappa shape index (κ3) is 3.74. The molecule has 0 amide bonds. The van der Waals surface area contributed by atoms with Crippen molar-refractivity contribution < 1.29 is 9.53 Å². The number of fused-ring (bicyclic) bond motifs is 3. The molecule has 2 aromatic rings. The SMILES string of the molecule is C/C=C/C=C/C(=O)O[C@@H](C)c1nc2sc3c(c2c(=O)[nH]1)CC[C@@H](C)C3. The summed E-state index contributed by atoms with van der Waals surface area (Å²) in [7, 11) is 0. The van der Waals surface area contributed by atoms with Gasteiger partial charge in [-0.2, -0.15) is 0 Å².